The number of imidazole rings is 1. The van der Waals surface area contributed by atoms with Crippen molar-refractivity contribution in [1.82, 2.24) is 19.9 Å². The summed E-state index contributed by atoms with van der Waals surface area (Å²) in [6.07, 6.45) is 4.08. The zero-order valence-electron chi connectivity index (χ0n) is 18.9. The number of pyridine rings is 1. The molecule has 0 saturated carbocycles. The number of nitrogens with zero attached hydrogens (tertiary/aromatic N) is 3. The first kappa shape index (κ1) is 22.2. The second kappa shape index (κ2) is 9.65. The third kappa shape index (κ3) is 4.62. The van der Waals surface area contributed by atoms with Crippen LogP contribution in [0.5, 0.6) is 0 Å². The number of carbonyl (C=O) groups excluding carboxylic acids is 2. The molecule has 33 heavy (non-hydrogen) atoms. The number of ether oxygens (including phenoxy) is 1. The number of amides is 1. The minimum Gasteiger partial charge on any atom is -0.452 e. The molecule has 1 unspecified atom stereocenters. The largest absolute Gasteiger partial charge is 0.452 e. The summed E-state index contributed by atoms with van der Waals surface area (Å²) in [6.45, 7) is 3.42. The summed E-state index contributed by atoms with van der Waals surface area (Å²) in [5.74, 6) is -0.278. The standard InChI is InChI=1S/C26H26N4O3/c1-4-20-23(17(2)19-12-8-9-13-21(19)28-20)26(32)33-16-22(31)29-24(18-10-6-5-7-11-18)25-27-14-15-30(25)3/h5-15,24H,4,16H2,1-3H3,(H,29,31). The molecule has 0 spiro atoms. The molecule has 2 aromatic carbocycles. The molecule has 7 heteroatoms. The van der Waals surface area contributed by atoms with Gasteiger partial charge in [-0.25, -0.2) is 9.78 Å². The molecule has 7 nitrogen and oxygen atoms in total. The fraction of sp³-hybridized carbons (Fsp3) is 0.231. The van der Waals surface area contributed by atoms with Crippen LogP contribution in [0.25, 0.3) is 10.9 Å². The molecule has 2 aromatic heterocycles. The van der Waals surface area contributed by atoms with E-state index in [9.17, 15) is 9.59 Å². The van der Waals surface area contributed by atoms with Gasteiger partial charge in [0.15, 0.2) is 6.61 Å². The number of aromatic nitrogens is 3. The lowest BCUT2D eigenvalue weighted by Gasteiger charge is -2.19. The van der Waals surface area contributed by atoms with Crippen molar-refractivity contribution >= 4 is 22.8 Å². The molecular formula is C26H26N4O3. The molecule has 0 radical (unpaired) electrons. The Balaban J connectivity index is 1.52. The fourth-order valence-corrected chi connectivity index (χ4v) is 3.97. The van der Waals surface area contributed by atoms with Crippen LogP contribution in [0.2, 0.25) is 0 Å². The van der Waals surface area contributed by atoms with Gasteiger partial charge in [-0.05, 0) is 30.5 Å². The van der Waals surface area contributed by atoms with Crippen molar-refractivity contribution in [3.63, 3.8) is 0 Å². The predicted molar refractivity (Wildman–Crippen MR) is 126 cm³/mol. The minimum atomic E-state index is -0.550. The number of rotatable bonds is 7. The van der Waals surface area contributed by atoms with Gasteiger partial charge in [0.1, 0.15) is 11.9 Å². The number of esters is 1. The summed E-state index contributed by atoms with van der Waals surface area (Å²) in [6, 6.07) is 16.8. The SMILES string of the molecule is CCc1nc2ccccc2c(C)c1C(=O)OCC(=O)NC(c1ccccc1)c1nccn1C. The summed E-state index contributed by atoms with van der Waals surface area (Å²) in [5.41, 5.74) is 3.61. The van der Waals surface area contributed by atoms with Crippen LogP contribution in [0.15, 0.2) is 67.0 Å². The highest BCUT2D eigenvalue weighted by atomic mass is 16.5. The average Bonchev–Trinajstić information content (AvgIpc) is 3.26. The fourth-order valence-electron chi connectivity index (χ4n) is 3.97. The monoisotopic (exact) mass is 442 g/mol. The number of aryl methyl sites for hydroxylation is 3. The van der Waals surface area contributed by atoms with Gasteiger partial charge in [-0.3, -0.25) is 9.78 Å². The van der Waals surface area contributed by atoms with Gasteiger partial charge in [0.2, 0.25) is 0 Å². The molecule has 4 aromatic rings. The van der Waals surface area contributed by atoms with Gasteiger partial charge >= 0.3 is 5.97 Å². The molecule has 2 heterocycles. The Morgan fingerprint density at radius 2 is 1.82 bits per heavy atom. The lowest BCUT2D eigenvalue weighted by molar-refractivity contribution is -0.124. The Morgan fingerprint density at radius 1 is 1.09 bits per heavy atom. The van der Waals surface area contributed by atoms with Crippen LogP contribution in [0.4, 0.5) is 0 Å². The van der Waals surface area contributed by atoms with E-state index in [-0.39, 0.29) is 0 Å². The van der Waals surface area contributed by atoms with E-state index in [0.717, 1.165) is 22.0 Å². The second-order valence-corrected chi connectivity index (χ2v) is 7.81. The van der Waals surface area contributed by atoms with Gasteiger partial charge in [0, 0.05) is 24.8 Å². The van der Waals surface area contributed by atoms with Crippen molar-refractivity contribution in [1.29, 1.82) is 0 Å². The van der Waals surface area contributed by atoms with Crippen molar-refractivity contribution in [2.24, 2.45) is 7.05 Å². The summed E-state index contributed by atoms with van der Waals surface area (Å²) < 4.78 is 7.28. The molecule has 4 rings (SSSR count). The van der Waals surface area contributed by atoms with Crippen LogP contribution in [-0.4, -0.2) is 33.0 Å². The van der Waals surface area contributed by atoms with Gasteiger partial charge < -0.3 is 14.6 Å². The maximum atomic E-state index is 13.0. The van der Waals surface area contributed by atoms with E-state index >= 15 is 0 Å². The Morgan fingerprint density at radius 3 is 2.52 bits per heavy atom. The molecule has 0 aliphatic carbocycles. The van der Waals surface area contributed by atoms with Gasteiger partial charge in [-0.2, -0.15) is 0 Å². The first-order valence-corrected chi connectivity index (χ1v) is 10.9. The molecule has 0 aliphatic rings. The Kier molecular flexibility index (Phi) is 6.49. The number of hydrogen-bond donors (Lipinski definition) is 1. The normalized spacial score (nSPS) is 11.8. The molecule has 1 atom stereocenters. The Bertz CT molecular complexity index is 1300. The van der Waals surface area contributed by atoms with E-state index in [0.29, 0.717) is 23.5 Å². The van der Waals surface area contributed by atoms with Crippen LogP contribution in [0.1, 0.15) is 46.0 Å². The van der Waals surface area contributed by atoms with Crippen molar-refractivity contribution in [2.45, 2.75) is 26.3 Å². The first-order chi connectivity index (χ1) is 16.0. The van der Waals surface area contributed by atoms with Crippen molar-refractivity contribution in [3.05, 3.63) is 95.2 Å². The van der Waals surface area contributed by atoms with Crippen molar-refractivity contribution in [2.75, 3.05) is 6.61 Å². The number of carbonyl (C=O) groups is 2. The number of nitrogens with one attached hydrogen (secondary N) is 1. The summed E-state index contributed by atoms with van der Waals surface area (Å²) in [4.78, 5) is 34.8. The third-order valence-corrected chi connectivity index (χ3v) is 5.66. The number of fused-ring (bicyclic) bond motifs is 1. The summed E-state index contributed by atoms with van der Waals surface area (Å²) in [7, 11) is 1.87. The number of para-hydroxylation sites is 1. The molecular weight excluding hydrogens is 416 g/mol. The smallest absolute Gasteiger partial charge is 0.340 e. The topological polar surface area (TPSA) is 86.1 Å². The average molecular weight is 443 g/mol. The van der Waals surface area contributed by atoms with Gasteiger partial charge in [-0.1, -0.05) is 55.5 Å². The molecule has 0 bridgehead atoms. The van der Waals surface area contributed by atoms with Crippen molar-refractivity contribution < 1.29 is 14.3 Å². The second-order valence-electron chi connectivity index (χ2n) is 7.81. The molecule has 0 fully saturated rings. The zero-order chi connectivity index (χ0) is 23.4. The maximum absolute atomic E-state index is 13.0. The van der Waals surface area contributed by atoms with Gasteiger partial charge in [0.05, 0.1) is 16.8 Å². The van der Waals surface area contributed by atoms with E-state index in [1.54, 1.807) is 6.20 Å². The van der Waals surface area contributed by atoms with E-state index in [1.165, 1.54) is 0 Å². The Hall–Kier alpha value is -4.00. The molecule has 0 saturated heterocycles. The number of hydrogen-bond acceptors (Lipinski definition) is 5. The highest BCUT2D eigenvalue weighted by Crippen LogP contribution is 2.24. The van der Waals surface area contributed by atoms with Crippen LogP contribution in [-0.2, 0) is 23.0 Å². The van der Waals surface area contributed by atoms with E-state index in [2.05, 4.69) is 15.3 Å². The minimum absolute atomic E-state index is 0.401. The van der Waals surface area contributed by atoms with Crippen LogP contribution >= 0.6 is 0 Å². The van der Waals surface area contributed by atoms with Crippen LogP contribution < -0.4 is 5.32 Å². The van der Waals surface area contributed by atoms with Crippen molar-refractivity contribution in [3.8, 4) is 0 Å². The zero-order valence-corrected chi connectivity index (χ0v) is 18.9. The van der Waals surface area contributed by atoms with Crippen LogP contribution in [0.3, 0.4) is 0 Å². The lowest BCUT2D eigenvalue weighted by atomic mass is 10.0. The Labute approximate surface area is 192 Å². The highest BCUT2D eigenvalue weighted by molar-refractivity contribution is 5.99. The van der Waals surface area contributed by atoms with Gasteiger partial charge in [0.25, 0.3) is 5.91 Å². The third-order valence-electron chi connectivity index (χ3n) is 5.66. The first-order valence-electron chi connectivity index (χ1n) is 10.9. The predicted octanol–water partition coefficient (Wildman–Crippen LogP) is 3.90. The van der Waals surface area contributed by atoms with E-state index in [4.69, 9.17) is 4.74 Å². The maximum Gasteiger partial charge on any atom is 0.340 e. The summed E-state index contributed by atoms with van der Waals surface area (Å²) >= 11 is 0. The molecule has 168 valence electrons. The molecule has 0 aliphatic heterocycles. The van der Waals surface area contributed by atoms with E-state index in [1.807, 2.05) is 86.3 Å². The van der Waals surface area contributed by atoms with Crippen LogP contribution in [0, 0.1) is 6.92 Å². The quantitative estimate of drug-likeness (QED) is 0.439. The summed E-state index contributed by atoms with van der Waals surface area (Å²) in [5, 5.41) is 3.83. The molecule has 1 N–H and O–H groups in total. The molecule has 1 amide bonds. The number of benzene rings is 2. The lowest BCUT2D eigenvalue weighted by Crippen LogP contribution is -2.34. The van der Waals surface area contributed by atoms with E-state index < -0.39 is 24.5 Å². The highest BCUT2D eigenvalue weighted by Gasteiger charge is 2.23. The van der Waals surface area contributed by atoms with Gasteiger partial charge in [-0.15, -0.1) is 0 Å².